The monoisotopic (exact) mass is 468 g/mol. The topological polar surface area (TPSA) is 113 Å². The molecule has 0 fully saturated rings. The molecule has 0 radical (unpaired) electrons. The standard InChI is InChI=1S/C15H11Cl3N2O5S2/c1-7-6-26-12(15(22)23)11(7)20-27(24,25)9-4-2-8(3-5-9)19-14(21)10(16)13(17)18/h2-6,20H,1H3,(H,19,21)(H,22,23). The number of aromatic carboxylic acids is 1. The first-order valence-corrected chi connectivity index (χ1v) is 10.5. The van der Waals surface area contributed by atoms with Gasteiger partial charge in [-0.15, -0.1) is 11.3 Å². The first-order chi connectivity index (χ1) is 12.5. The van der Waals surface area contributed by atoms with Gasteiger partial charge in [0.25, 0.3) is 15.9 Å². The summed E-state index contributed by atoms with van der Waals surface area (Å²) < 4.78 is 26.9. The minimum atomic E-state index is -4.03. The van der Waals surface area contributed by atoms with Crippen LogP contribution in [-0.4, -0.2) is 25.4 Å². The first kappa shape index (κ1) is 21.5. The number of carboxylic acids is 1. The minimum Gasteiger partial charge on any atom is -0.477 e. The van der Waals surface area contributed by atoms with E-state index in [1.807, 2.05) is 0 Å². The fourth-order valence-corrected chi connectivity index (χ4v) is 4.18. The van der Waals surface area contributed by atoms with Crippen LogP contribution in [0.3, 0.4) is 0 Å². The van der Waals surface area contributed by atoms with Crippen LogP contribution in [0.25, 0.3) is 0 Å². The first-order valence-electron chi connectivity index (χ1n) is 6.99. The second-order valence-electron chi connectivity index (χ2n) is 5.09. The van der Waals surface area contributed by atoms with E-state index >= 15 is 0 Å². The molecule has 0 aliphatic heterocycles. The van der Waals surface area contributed by atoms with Crippen LogP contribution in [0.4, 0.5) is 11.4 Å². The number of aryl methyl sites for hydroxylation is 1. The normalized spacial score (nSPS) is 11.0. The minimum absolute atomic E-state index is 0.0125. The second kappa shape index (κ2) is 8.49. The van der Waals surface area contributed by atoms with Crippen molar-refractivity contribution in [3.05, 3.63) is 49.6 Å². The number of carbonyl (C=O) groups excluding carboxylic acids is 1. The summed E-state index contributed by atoms with van der Waals surface area (Å²) >= 11 is 17.4. The van der Waals surface area contributed by atoms with Gasteiger partial charge in [-0.1, -0.05) is 34.8 Å². The Kier molecular flexibility index (Phi) is 6.77. The zero-order chi connectivity index (χ0) is 20.4. The second-order valence-corrected chi connectivity index (χ2v) is 8.98. The smallest absolute Gasteiger partial charge is 0.348 e. The van der Waals surface area contributed by atoms with Crippen molar-refractivity contribution in [1.82, 2.24) is 0 Å². The predicted octanol–water partition coefficient (Wildman–Crippen LogP) is 4.38. The lowest BCUT2D eigenvalue weighted by Gasteiger charge is -2.10. The largest absolute Gasteiger partial charge is 0.477 e. The van der Waals surface area contributed by atoms with E-state index in [0.717, 1.165) is 11.3 Å². The Hall–Kier alpha value is -1.78. The molecule has 0 atom stereocenters. The van der Waals surface area contributed by atoms with Crippen molar-refractivity contribution in [2.75, 3.05) is 10.0 Å². The molecule has 2 aromatic rings. The van der Waals surface area contributed by atoms with Gasteiger partial charge < -0.3 is 10.4 Å². The van der Waals surface area contributed by atoms with Crippen molar-refractivity contribution in [2.45, 2.75) is 11.8 Å². The molecule has 0 aliphatic rings. The number of rotatable bonds is 6. The number of amides is 1. The Morgan fingerprint density at radius 3 is 2.22 bits per heavy atom. The number of hydrogen-bond donors (Lipinski definition) is 3. The van der Waals surface area contributed by atoms with E-state index in [2.05, 4.69) is 10.0 Å². The summed E-state index contributed by atoms with van der Waals surface area (Å²) in [4.78, 5) is 22.7. The molecule has 1 aromatic carbocycles. The van der Waals surface area contributed by atoms with Gasteiger partial charge in [-0.25, -0.2) is 13.2 Å². The number of benzene rings is 1. The number of hydrogen-bond acceptors (Lipinski definition) is 5. The molecule has 0 aliphatic carbocycles. The Morgan fingerprint density at radius 2 is 1.70 bits per heavy atom. The molecule has 0 unspecified atom stereocenters. The van der Waals surface area contributed by atoms with Gasteiger partial charge in [0.15, 0.2) is 0 Å². The van der Waals surface area contributed by atoms with E-state index < -0.39 is 31.4 Å². The maximum atomic E-state index is 12.5. The Morgan fingerprint density at radius 1 is 1.11 bits per heavy atom. The molecular formula is C15H11Cl3N2O5S2. The van der Waals surface area contributed by atoms with Crippen molar-refractivity contribution in [2.24, 2.45) is 0 Å². The highest BCUT2D eigenvalue weighted by Gasteiger charge is 2.22. The van der Waals surface area contributed by atoms with Crippen LogP contribution in [0.15, 0.2) is 44.1 Å². The van der Waals surface area contributed by atoms with Gasteiger partial charge in [0.1, 0.15) is 14.4 Å². The van der Waals surface area contributed by atoms with Crippen molar-refractivity contribution in [1.29, 1.82) is 0 Å². The lowest BCUT2D eigenvalue weighted by molar-refractivity contribution is -0.112. The highest BCUT2D eigenvalue weighted by Crippen LogP contribution is 2.30. The maximum absolute atomic E-state index is 12.5. The Balaban J connectivity index is 2.24. The average Bonchev–Trinajstić information content (AvgIpc) is 2.94. The zero-order valence-electron chi connectivity index (χ0n) is 13.4. The third-order valence-electron chi connectivity index (χ3n) is 3.19. The SMILES string of the molecule is Cc1csc(C(=O)O)c1NS(=O)(=O)c1ccc(NC(=O)C(Cl)=C(Cl)Cl)cc1. The van der Waals surface area contributed by atoms with Crippen molar-refractivity contribution >= 4 is 79.4 Å². The van der Waals surface area contributed by atoms with E-state index in [9.17, 15) is 18.0 Å². The number of sulfonamides is 1. The number of carbonyl (C=O) groups is 2. The molecule has 3 N–H and O–H groups in total. The molecule has 144 valence electrons. The Labute approximate surface area is 173 Å². The lowest BCUT2D eigenvalue weighted by Crippen LogP contribution is -2.15. The van der Waals surface area contributed by atoms with E-state index in [1.165, 1.54) is 24.3 Å². The number of carboxylic acid groups (broad SMARTS) is 1. The predicted molar refractivity (Wildman–Crippen MR) is 106 cm³/mol. The van der Waals surface area contributed by atoms with E-state index in [-0.39, 0.29) is 21.1 Å². The molecule has 7 nitrogen and oxygen atoms in total. The number of nitrogens with one attached hydrogen (secondary N) is 2. The van der Waals surface area contributed by atoms with Crippen LogP contribution >= 0.6 is 46.1 Å². The summed E-state index contributed by atoms with van der Waals surface area (Å²) in [5.74, 6) is -1.99. The molecule has 1 amide bonds. The third-order valence-corrected chi connectivity index (χ3v) is 6.58. The van der Waals surface area contributed by atoms with E-state index in [4.69, 9.17) is 39.9 Å². The fraction of sp³-hybridized carbons (Fsp3) is 0.0667. The van der Waals surface area contributed by atoms with Gasteiger partial charge in [0.2, 0.25) is 0 Å². The molecule has 0 bridgehead atoms. The van der Waals surface area contributed by atoms with E-state index in [1.54, 1.807) is 12.3 Å². The van der Waals surface area contributed by atoms with Gasteiger partial charge >= 0.3 is 5.97 Å². The van der Waals surface area contributed by atoms with Gasteiger partial charge in [-0.05, 0) is 42.1 Å². The number of anilines is 2. The van der Waals surface area contributed by atoms with Gasteiger partial charge in [0, 0.05) is 5.69 Å². The summed E-state index contributed by atoms with van der Waals surface area (Å²) in [6.45, 7) is 1.60. The van der Waals surface area contributed by atoms with Gasteiger partial charge in [-0.3, -0.25) is 9.52 Å². The summed E-state index contributed by atoms with van der Waals surface area (Å²) in [6.07, 6.45) is 0. The van der Waals surface area contributed by atoms with Gasteiger partial charge in [-0.2, -0.15) is 0 Å². The fourth-order valence-electron chi connectivity index (χ4n) is 1.91. The van der Waals surface area contributed by atoms with Crippen LogP contribution in [0.1, 0.15) is 15.2 Å². The average molecular weight is 470 g/mol. The summed E-state index contributed by atoms with van der Waals surface area (Å²) in [5.41, 5.74) is 0.757. The molecule has 0 spiro atoms. The molecule has 0 saturated heterocycles. The molecule has 12 heteroatoms. The van der Waals surface area contributed by atoms with Gasteiger partial charge in [0.05, 0.1) is 10.6 Å². The molecule has 0 saturated carbocycles. The molecule has 1 aromatic heterocycles. The van der Waals surface area contributed by atoms with E-state index in [0.29, 0.717) is 5.56 Å². The van der Waals surface area contributed by atoms with Crippen molar-refractivity contribution in [3.8, 4) is 0 Å². The quantitative estimate of drug-likeness (QED) is 0.543. The van der Waals surface area contributed by atoms with Crippen LogP contribution in [0.2, 0.25) is 0 Å². The van der Waals surface area contributed by atoms with Crippen LogP contribution in [-0.2, 0) is 14.8 Å². The molecular weight excluding hydrogens is 459 g/mol. The summed E-state index contributed by atoms with van der Waals surface area (Å²) in [7, 11) is -4.03. The van der Waals surface area contributed by atoms with Crippen LogP contribution in [0, 0.1) is 6.92 Å². The lowest BCUT2D eigenvalue weighted by atomic mass is 10.3. The zero-order valence-corrected chi connectivity index (χ0v) is 17.3. The van der Waals surface area contributed by atoms with Crippen molar-refractivity contribution < 1.29 is 23.1 Å². The molecule has 1 heterocycles. The van der Waals surface area contributed by atoms with Crippen LogP contribution < -0.4 is 10.0 Å². The highest BCUT2D eigenvalue weighted by atomic mass is 35.5. The third kappa shape index (κ3) is 5.14. The maximum Gasteiger partial charge on any atom is 0.348 e. The summed E-state index contributed by atoms with van der Waals surface area (Å²) in [6, 6.07) is 5.13. The highest BCUT2D eigenvalue weighted by molar-refractivity contribution is 7.92. The molecule has 2 rings (SSSR count). The van der Waals surface area contributed by atoms with Crippen LogP contribution in [0.5, 0.6) is 0 Å². The van der Waals surface area contributed by atoms with Crippen molar-refractivity contribution in [3.63, 3.8) is 0 Å². The summed E-state index contributed by atoms with van der Waals surface area (Å²) in [5, 5.41) is 12.7. The molecule has 27 heavy (non-hydrogen) atoms. The Bertz CT molecular complexity index is 1030. The number of thiophene rings is 1. The number of halogens is 3.